The van der Waals surface area contributed by atoms with E-state index in [1.54, 1.807) is 0 Å². The molecule has 0 fully saturated rings. The predicted octanol–water partition coefficient (Wildman–Crippen LogP) is 1.22. The third kappa shape index (κ3) is 3.25. The maximum Gasteiger partial charge on any atom is 0.268 e. The fourth-order valence-corrected chi connectivity index (χ4v) is 1.26. The van der Waals surface area contributed by atoms with E-state index in [0.29, 0.717) is 12.2 Å². The summed E-state index contributed by atoms with van der Waals surface area (Å²) in [6.07, 6.45) is 0. The van der Waals surface area contributed by atoms with Crippen LogP contribution < -0.4 is 11.1 Å². The number of carbonyl (C=O) groups excluding carboxylic acids is 1. The Hall–Kier alpha value is -1.00. The van der Waals surface area contributed by atoms with Crippen molar-refractivity contribution in [1.29, 1.82) is 0 Å². The SMILES string of the molecule is Cc1ccc(C(=O)NC(C)(C)CN)n1C.Cl. The van der Waals surface area contributed by atoms with Gasteiger partial charge in [0.15, 0.2) is 0 Å². The fourth-order valence-electron chi connectivity index (χ4n) is 1.26. The van der Waals surface area contributed by atoms with Crippen molar-refractivity contribution in [2.45, 2.75) is 26.3 Å². The van der Waals surface area contributed by atoms with Gasteiger partial charge in [-0.1, -0.05) is 0 Å². The van der Waals surface area contributed by atoms with Crippen molar-refractivity contribution in [3.05, 3.63) is 23.5 Å². The van der Waals surface area contributed by atoms with Crippen LogP contribution in [0.3, 0.4) is 0 Å². The van der Waals surface area contributed by atoms with E-state index in [-0.39, 0.29) is 23.9 Å². The van der Waals surface area contributed by atoms with Gasteiger partial charge in [-0.3, -0.25) is 4.79 Å². The molecule has 1 aromatic rings. The van der Waals surface area contributed by atoms with Gasteiger partial charge in [-0.15, -0.1) is 12.4 Å². The molecule has 92 valence electrons. The maximum absolute atomic E-state index is 11.9. The number of hydrogen-bond donors (Lipinski definition) is 2. The number of halogens is 1. The number of nitrogens with two attached hydrogens (primary N) is 1. The Kier molecular flexibility index (Phi) is 5.03. The van der Waals surface area contributed by atoms with Crippen molar-refractivity contribution < 1.29 is 4.79 Å². The van der Waals surface area contributed by atoms with E-state index in [1.807, 2.05) is 44.5 Å². The van der Waals surface area contributed by atoms with Crippen LogP contribution in [0, 0.1) is 6.92 Å². The number of hydrogen-bond acceptors (Lipinski definition) is 2. The summed E-state index contributed by atoms with van der Waals surface area (Å²) in [5.41, 5.74) is 6.91. The van der Waals surface area contributed by atoms with Crippen molar-refractivity contribution in [1.82, 2.24) is 9.88 Å². The minimum Gasteiger partial charge on any atom is -0.345 e. The standard InChI is InChI=1S/C11H19N3O.ClH/c1-8-5-6-9(14(8)4)10(15)13-11(2,3)7-12;/h5-6H,7,12H2,1-4H3,(H,13,15);1H. The van der Waals surface area contributed by atoms with Crippen LogP contribution in [-0.2, 0) is 7.05 Å². The zero-order valence-corrected chi connectivity index (χ0v) is 11.0. The molecule has 0 aliphatic rings. The molecule has 1 rings (SSSR count). The lowest BCUT2D eigenvalue weighted by atomic mass is 10.1. The molecule has 4 nitrogen and oxygen atoms in total. The van der Waals surface area contributed by atoms with Gasteiger partial charge in [0.05, 0.1) is 0 Å². The van der Waals surface area contributed by atoms with Crippen LogP contribution in [0.25, 0.3) is 0 Å². The van der Waals surface area contributed by atoms with Crippen molar-refractivity contribution in [2.75, 3.05) is 6.54 Å². The van der Waals surface area contributed by atoms with Crippen LogP contribution in [0.1, 0.15) is 30.0 Å². The molecule has 5 heteroatoms. The maximum atomic E-state index is 11.9. The fraction of sp³-hybridized carbons (Fsp3) is 0.545. The van der Waals surface area contributed by atoms with E-state index < -0.39 is 0 Å². The van der Waals surface area contributed by atoms with Gasteiger partial charge in [0.2, 0.25) is 0 Å². The number of carbonyl (C=O) groups is 1. The third-order valence-electron chi connectivity index (χ3n) is 2.57. The monoisotopic (exact) mass is 245 g/mol. The van der Waals surface area contributed by atoms with Crippen LogP contribution in [-0.4, -0.2) is 22.6 Å². The molecule has 3 N–H and O–H groups in total. The Balaban J connectivity index is 0.00000225. The number of amides is 1. The van der Waals surface area contributed by atoms with Crippen molar-refractivity contribution >= 4 is 18.3 Å². The molecule has 0 saturated carbocycles. The molecule has 0 saturated heterocycles. The Morgan fingerprint density at radius 2 is 2.06 bits per heavy atom. The van der Waals surface area contributed by atoms with Gasteiger partial charge in [0, 0.05) is 24.8 Å². The molecule has 0 aliphatic carbocycles. The summed E-state index contributed by atoms with van der Waals surface area (Å²) >= 11 is 0. The first-order chi connectivity index (χ1) is 6.87. The second kappa shape index (κ2) is 5.37. The first-order valence-electron chi connectivity index (χ1n) is 5.02. The van der Waals surface area contributed by atoms with Crippen molar-refractivity contribution in [3.63, 3.8) is 0 Å². The van der Waals surface area contributed by atoms with Gasteiger partial charge in [-0.25, -0.2) is 0 Å². The highest BCUT2D eigenvalue weighted by Gasteiger charge is 2.20. The van der Waals surface area contributed by atoms with E-state index in [4.69, 9.17) is 5.73 Å². The minimum atomic E-state index is -0.366. The van der Waals surface area contributed by atoms with Crippen LogP contribution >= 0.6 is 12.4 Å². The lowest BCUT2D eigenvalue weighted by molar-refractivity contribution is 0.0907. The molecule has 0 aliphatic heterocycles. The summed E-state index contributed by atoms with van der Waals surface area (Å²) in [4.78, 5) is 11.9. The highest BCUT2D eigenvalue weighted by molar-refractivity contribution is 5.93. The van der Waals surface area contributed by atoms with Crippen LogP contribution in [0.4, 0.5) is 0 Å². The van der Waals surface area contributed by atoms with Crippen molar-refractivity contribution in [2.24, 2.45) is 12.8 Å². The molecule has 0 aromatic carbocycles. The number of aryl methyl sites for hydroxylation is 1. The van der Waals surface area contributed by atoms with Gasteiger partial charge in [0.25, 0.3) is 5.91 Å². The highest BCUT2D eigenvalue weighted by Crippen LogP contribution is 2.08. The summed E-state index contributed by atoms with van der Waals surface area (Å²) in [7, 11) is 1.87. The van der Waals surface area contributed by atoms with E-state index in [0.717, 1.165) is 5.69 Å². The summed E-state index contributed by atoms with van der Waals surface area (Å²) < 4.78 is 1.86. The smallest absolute Gasteiger partial charge is 0.268 e. The quantitative estimate of drug-likeness (QED) is 0.841. The normalized spacial score (nSPS) is 10.8. The third-order valence-corrected chi connectivity index (χ3v) is 2.57. The molecule has 16 heavy (non-hydrogen) atoms. The summed E-state index contributed by atoms with van der Waals surface area (Å²) in [6.45, 7) is 6.19. The number of aromatic nitrogens is 1. The van der Waals surface area contributed by atoms with Gasteiger partial charge < -0.3 is 15.6 Å². The van der Waals surface area contributed by atoms with Crippen LogP contribution in [0.5, 0.6) is 0 Å². The lowest BCUT2D eigenvalue weighted by Crippen LogP contribution is -2.49. The first-order valence-corrected chi connectivity index (χ1v) is 5.02. The molecular weight excluding hydrogens is 226 g/mol. The molecule has 1 aromatic heterocycles. The number of rotatable bonds is 3. The zero-order chi connectivity index (χ0) is 11.6. The first kappa shape index (κ1) is 15.0. The molecule has 1 amide bonds. The minimum absolute atomic E-state index is 0. The summed E-state index contributed by atoms with van der Waals surface area (Å²) in [5, 5.41) is 2.89. The van der Waals surface area contributed by atoms with Crippen molar-refractivity contribution in [3.8, 4) is 0 Å². The zero-order valence-electron chi connectivity index (χ0n) is 10.2. The molecular formula is C11H20ClN3O. The topological polar surface area (TPSA) is 60.1 Å². The lowest BCUT2D eigenvalue weighted by Gasteiger charge is -2.24. The highest BCUT2D eigenvalue weighted by atomic mass is 35.5. The van der Waals surface area contributed by atoms with Gasteiger partial charge in [-0.05, 0) is 32.9 Å². The average molecular weight is 246 g/mol. The average Bonchev–Trinajstić information content (AvgIpc) is 2.47. The van der Waals surface area contributed by atoms with Crippen LogP contribution in [0.15, 0.2) is 12.1 Å². The Morgan fingerprint density at radius 3 is 2.44 bits per heavy atom. The van der Waals surface area contributed by atoms with Gasteiger partial charge >= 0.3 is 0 Å². The summed E-state index contributed by atoms with van der Waals surface area (Å²) in [6, 6.07) is 3.74. The summed E-state index contributed by atoms with van der Waals surface area (Å²) in [5.74, 6) is -0.0824. The molecule has 0 radical (unpaired) electrons. The molecule has 1 heterocycles. The second-order valence-electron chi connectivity index (χ2n) is 4.46. The largest absolute Gasteiger partial charge is 0.345 e. The van der Waals surface area contributed by atoms with Gasteiger partial charge in [0.1, 0.15) is 5.69 Å². The van der Waals surface area contributed by atoms with E-state index in [2.05, 4.69) is 5.32 Å². The predicted molar refractivity (Wildman–Crippen MR) is 68.0 cm³/mol. The number of nitrogens with one attached hydrogen (secondary N) is 1. The Labute approximate surface area is 103 Å². The van der Waals surface area contributed by atoms with E-state index in [1.165, 1.54) is 0 Å². The number of nitrogens with zero attached hydrogens (tertiary/aromatic N) is 1. The van der Waals surface area contributed by atoms with Gasteiger partial charge in [-0.2, -0.15) is 0 Å². The molecule has 0 unspecified atom stereocenters. The second-order valence-corrected chi connectivity index (χ2v) is 4.46. The molecule has 0 atom stereocenters. The molecule has 0 spiro atoms. The van der Waals surface area contributed by atoms with E-state index in [9.17, 15) is 4.79 Å². The Bertz CT molecular complexity index is 371. The van der Waals surface area contributed by atoms with E-state index >= 15 is 0 Å². The Morgan fingerprint density at radius 1 is 1.50 bits per heavy atom. The molecule has 0 bridgehead atoms. The van der Waals surface area contributed by atoms with Crippen LogP contribution in [0.2, 0.25) is 0 Å².